The average Bonchev–Trinajstić information content (AvgIpc) is 2.43. The lowest BCUT2D eigenvalue weighted by molar-refractivity contribution is -0.142. The van der Waals surface area contributed by atoms with E-state index in [4.69, 9.17) is 5.11 Å². The third-order valence-electron chi connectivity index (χ3n) is 2.73. The number of carboxylic acids is 1. The van der Waals surface area contributed by atoms with Gasteiger partial charge in [-0.2, -0.15) is 0 Å². The molecular weight excluding hydrogens is 296 g/mol. The van der Waals surface area contributed by atoms with Crippen LogP contribution in [-0.2, 0) is 19.6 Å². The Morgan fingerprint density at radius 2 is 1.76 bits per heavy atom. The molecule has 1 rings (SSSR count). The van der Waals surface area contributed by atoms with Crippen molar-refractivity contribution in [2.24, 2.45) is 5.92 Å². The molecule has 0 radical (unpaired) electrons. The monoisotopic (exact) mass is 314 g/mol. The van der Waals surface area contributed by atoms with E-state index in [1.807, 2.05) is 0 Å². The molecule has 3 N–H and O–H groups in total. The Morgan fingerprint density at radius 3 is 2.24 bits per heavy atom. The van der Waals surface area contributed by atoms with Crippen LogP contribution in [0.5, 0.6) is 0 Å². The maximum Gasteiger partial charge on any atom is 0.326 e. The van der Waals surface area contributed by atoms with Crippen molar-refractivity contribution in [3.05, 3.63) is 30.3 Å². The number of aliphatic carboxylic acids is 1. The fourth-order valence-corrected chi connectivity index (χ4v) is 2.58. The van der Waals surface area contributed by atoms with Gasteiger partial charge in [-0.15, -0.1) is 0 Å². The second-order valence-electron chi connectivity index (χ2n) is 4.77. The summed E-state index contributed by atoms with van der Waals surface area (Å²) in [5.41, 5.74) is 0. The highest BCUT2D eigenvalue weighted by atomic mass is 32.2. The van der Waals surface area contributed by atoms with Crippen molar-refractivity contribution in [3.8, 4) is 0 Å². The fraction of sp³-hybridized carbons (Fsp3) is 0.385. The van der Waals surface area contributed by atoms with Crippen molar-refractivity contribution in [2.75, 3.05) is 6.54 Å². The van der Waals surface area contributed by atoms with Crippen molar-refractivity contribution in [1.29, 1.82) is 0 Å². The molecule has 7 nitrogen and oxygen atoms in total. The van der Waals surface area contributed by atoms with Crippen LogP contribution in [0.25, 0.3) is 0 Å². The summed E-state index contributed by atoms with van der Waals surface area (Å²) in [6.45, 7) is 2.77. The van der Waals surface area contributed by atoms with Crippen LogP contribution in [0.3, 0.4) is 0 Å². The third kappa shape index (κ3) is 5.16. The SMILES string of the molecule is CC(C)[C@H](NC(=O)CNS(=O)(=O)c1ccccc1)C(=O)O. The van der Waals surface area contributed by atoms with Gasteiger partial charge in [0.05, 0.1) is 11.4 Å². The van der Waals surface area contributed by atoms with Crippen LogP contribution in [0.4, 0.5) is 0 Å². The number of amides is 1. The van der Waals surface area contributed by atoms with Gasteiger partial charge in [-0.25, -0.2) is 17.9 Å². The first-order valence-corrected chi connectivity index (χ1v) is 7.79. The van der Waals surface area contributed by atoms with E-state index in [0.717, 1.165) is 0 Å². The fourth-order valence-electron chi connectivity index (χ4n) is 1.58. The summed E-state index contributed by atoms with van der Waals surface area (Å²) >= 11 is 0. The number of nitrogens with one attached hydrogen (secondary N) is 2. The minimum atomic E-state index is -3.79. The number of rotatable bonds is 7. The minimum Gasteiger partial charge on any atom is -0.480 e. The molecule has 21 heavy (non-hydrogen) atoms. The number of hydrogen-bond acceptors (Lipinski definition) is 4. The quantitative estimate of drug-likeness (QED) is 0.665. The lowest BCUT2D eigenvalue weighted by Gasteiger charge is -2.18. The predicted molar refractivity (Wildman–Crippen MR) is 76.0 cm³/mol. The Balaban J connectivity index is 2.63. The Hall–Kier alpha value is -1.93. The zero-order chi connectivity index (χ0) is 16.0. The molecule has 0 unspecified atom stereocenters. The number of carboxylic acid groups (broad SMARTS) is 1. The summed E-state index contributed by atoms with van der Waals surface area (Å²) in [6.07, 6.45) is 0. The van der Waals surface area contributed by atoms with Crippen LogP contribution in [-0.4, -0.2) is 38.0 Å². The zero-order valence-corrected chi connectivity index (χ0v) is 12.6. The number of sulfonamides is 1. The van der Waals surface area contributed by atoms with E-state index < -0.39 is 34.5 Å². The van der Waals surface area contributed by atoms with Crippen molar-refractivity contribution < 1.29 is 23.1 Å². The van der Waals surface area contributed by atoms with Gasteiger partial charge in [0.2, 0.25) is 15.9 Å². The molecule has 1 aromatic rings. The molecule has 0 saturated carbocycles. The smallest absolute Gasteiger partial charge is 0.326 e. The number of benzene rings is 1. The van der Waals surface area contributed by atoms with E-state index in [1.165, 1.54) is 12.1 Å². The summed E-state index contributed by atoms with van der Waals surface area (Å²) in [5, 5.41) is 11.2. The van der Waals surface area contributed by atoms with Gasteiger partial charge in [-0.3, -0.25) is 4.79 Å². The summed E-state index contributed by atoms with van der Waals surface area (Å²) in [4.78, 5) is 22.6. The lowest BCUT2D eigenvalue weighted by Crippen LogP contribution is -2.47. The van der Waals surface area contributed by atoms with E-state index in [1.54, 1.807) is 32.0 Å². The van der Waals surface area contributed by atoms with Gasteiger partial charge in [0.25, 0.3) is 0 Å². The van der Waals surface area contributed by atoms with Crippen LogP contribution in [0.2, 0.25) is 0 Å². The van der Waals surface area contributed by atoms with Crippen molar-refractivity contribution in [2.45, 2.75) is 24.8 Å². The summed E-state index contributed by atoms with van der Waals surface area (Å²) in [5.74, 6) is -2.17. The van der Waals surface area contributed by atoms with E-state index >= 15 is 0 Å². The molecule has 1 aromatic carbocycles. The highest BCUT2D eigenvalue weighted by Gasteiger charge is 2.24. The molecule has 1 atom stereocenters. The van der Waals surface area contributed by atoms with E-state index in [2.05, 4.69) is 10.0 Å². The molecule has 0 saturated heterocycles. The highest BCUT2D eigenvalue weighted by molar-refractivity contribution is 7.89. The highest BCUT2D eigenvalue weighted by Crippen LogP contribution is 2.06. The number of hydrogen-bond donors (Lipinski definition) is 3. The molecule has 0 aliphatic heterocycles. The largest absolute Gasteiger partial charge is 0.480 e. The van der Waals surface area contributed by atoms with Crippen molar-refractivity contribution in [1.82, 2.24) is 10.0 Å². The van der Waals surface area contributed by atoms with Gasteiger partial charge >= 0.3 is 5.97 Å². The number of carbonyl (C=O) groups excluding carboxylic acids is 1. The first-order chi connectivity index (χ1) is 9.74. The van der Waals surface area contributed by atoms with Crippen LogP contribution in [0, 0.1) is 5.92 Å². The van der Waals surface area contributed by atoms with Gasteiger partial charge in [0.1, 0.15) is 6.04 Å². The van der Waals surface area contributed by atoms with Gasteiger partial charge in [0, 0.05) is 0 Å². The van der Waals surface area contributed by atoms with Gasteiger partial charge in [-0.05, 0) is 18.1 Å². The second-order valence-corrected chi connectivity index (χ2v) is 6.53. The van der Waals surface area contributed by atoms with Crippen LogP contribution >= 0.6 is 0 Å². The average molecular weight is 314 g/mol. The predicted octanol–water partition coefficient (Wildman–Crippen LogP) is 0.190. The van der Waals surface area contributed by atoms with Gasteiger partial charge in [-0.1, -0.05) is 32.0 Å². The second kappa shape index (κ2) is 7.19. The number of carbonyl (C=O) groups is 2. The molecule has 0 aromatic heterocycles. The summed E-state index contributed by atoms with van der Waals surface area (Å²) in [6, 6.07) is 6.54. The standard InChI is InChI=1S/C13H18N2O5S/c1-9(2)12(13(17)18)15-11(16)8-14-21(19,20)10-6-4-3-5-7-10/h3-7,9,12,14H,8H2,1-2H3,(H,15,16)(H,17,18)/t12-/m0/s1. The molecular formula is C13H18N2O5S. The van der Waals surface area contributed by atoms with Crippen LogP contribution < -0.4 is 10.0 Å². The van der Waals surface area contributed by atoms with Crippen LogP contribution in [0.15, 0.2) is 35.2 Å². The maximum absolute atomic E-state index is 11.9. The molecule has 0 spiro atoms. The molecule has 0 aliphatic carbocycles. The molecule has 1 amide bonds. The molecule has 0 aliphatic rings. The first kappa shape index (κ1) is 17.1. The van der Waals surface area contributed by atoms with Crippen LogP contribution in [0.1, 0.15) is 13.8 Å². The Labute approximate surface area is 123 Å². The molecule has 0 fully saturated rings. The Kier molecular flexibility index (Phi) is 5.86. The lowest BCUT2D eigenvalue weighted by atomic mass is 10.1. The van der Waals surface area contributed by atoms with Gasteiger partial charge < -0.3 is 10.4 Å². The molecule has 0 bridgehead atoms. The molecule has 0 heterocycles. The first-order valence-electron chi connectivity index (χ1n) is 6.31. The van der Waals surface area contributed by atoms with Gasteiger partial charge in [0.15, 0.2) is 0 Å². The van der Waals surface area contributed by atoms with Crippen molar-refractivity contribution >= 4 is 21.9 Å². The van der Waals surface area contributed by atoms with E-state index in [9.17, 15) is 18.0 Å². The van der Waals surface area contributed by atoms with E-state index in [-0.39, 0.29) is 10.8 Å². The van der Waals surface area contributed by atoms with Crippen molar-refractivity contribution in [3.63, 3.8) is 0 Å². The Bertz CT molecular complexity index is 598. The zero-order valence-electron chi connectivity index (χ0n) is 11.7. The summed E-state index contributed by atoms with van der Waals surface area (Å²) < 4.78 is 25.9. The normalized spacial score (nSPS) is 12.9. The Morgan fingerprint density at radius 1 is 1.19 bits per heavy atom. The maximum atomic E-state index is 11.9. The summed E-state index contributed by atoms with van der Waals surface area (Å²) in [7, 11) is -3.79. The molecule has 116 valence electrons. The third-order valence-corrected chi connectivity index (χ3v) is 4.14. The topological polar surface area (TPSA) is 113 Å². The minimum absolute atomic E-state index is 0.0384. The van der Waals surface area contributed by atoms with E-state index in [0.29, 0.717) is 0 Å². The molecule has 8 heteroatoms.